The van der Waals surface area contributed by atoms with E-state index in [1.807, 2.05) is 19.1 Å². The second-order valence-corrected chi connectivity index (χ2v) is 7.34. The number of hydrogen-bond acceptors (Lipinski definition) is 3. The van der Waals surface area contributed by atoms with Crippen LogP contribution in [0.4, 0.5) is 0 Å². The van der Waals surface area contributed by atoms with E-state index in [0.29, 0.717) is 13.0 Å². The Hall–Kier alpha value is -0.190. The molecule has 1 saturated carbocycles. The Bertz CT molecular complexity index is 402. The number of halogens is 1. The highest BCUT2D eigenvalue weighted by molar-refractivity contribution is 9.11. The zero-order valence-corrected chi connectivity index (χ0v) is 13.1. The lowest BCUT2D eigenvalue weighted by Gasteiger charge is -2.35. The molecule has 0 radical (unpaired) electrons. The summed E-state index contributed by atoms with van der Waals surface area (Å²) in [5.41, 5.74) is -0.497. The molecule has 0 saturated heterocycles. The van der Waals surface area contributed by atoms with Gasteiger partial charge in [0.2, 0.25) is 0 Å². The van der Waals surface area contributed by atoms with Crippen molar-refractivity contribution in [3.05, 3.63) is 20.8 Å². The van der Waals surface area contributed by atoms with E-state index < -0.39 is 5.60 Å². The predicted octanol–water partition coefficient (Wildman–Crippen LogP) is 4.36. The summed E-state index contributed by atoms with van der Waals surface area (Å²) in [5.74, 6) is 0.262. The molecule has 0 spiro atoms. The van der Waals surface area contributed by atoms with Crippen LogP contribution in [-0.2, 0) is 16.0 Å². The molecule has 1 aliphatic rings. The summed E-state index contributed by atoms with van der Waals surface area (Å²) in [6.45, 7) is 2.60. The molecule has 0 aliphatic heterocycles. The highest BCUT2D eigenvalue weighted by Gasteiger charge is 2.39. The molecule has 0 bridgehead atoms. The molecule has 0 amide bonds. The standard InChI is InChI=1S/C14H19BrO2S/c1-2-17-14(8-4-3-5-9-14)12(16)10-11-6-7-13(15)18-11/h6-7H,2-5,8-10H2,1H3. The van der Waals surface area contributed by atoms with E-state index in [1.54, 1.807) is 11.3 Å². The smallest absolute Gasteiger partial charge is 0.169 e. The number of thiophene rings is 1. The zero-order chi connectivity index (χ0) is 13.0. The number of hydrogen-bond donors (Lipinski definition) is 0. The van der Waals surface area contributed by atoms with Gasteiger partial charge in [-0.25, -0.2) is 0 Å². The van der Waals surface area contributed by atoms with Gasteiger partial charge in [0.1, 0.15) is 5.60 Å². The summed E-state index contributed by atoms with van der Waals surface area (Å²) in [4.78, 5) is 13.7. The molecular weight excluding hydrogens is 312 g/mol. The summed E-state index contributed by atoms with van der Waals surface area (Å²) in [7, 11) is 0. The van der Waals surface area contributed by atoms with Gasteiger partial charge in [0.15, 0.2) is 5.78 Å². The van der Waals surface area contributed by atoms with Crippen LogP contribution >= 0.6 is 27.3 Å². The van der Waals surface area contributed by atoms with Crippen LogP contribution in [0, 0.1) is 0 Å². The van der Waals surface area contributed by atoms with Gasteiger partial charge >= 0.3 is 0 Å². The lowest BCUT2D eigenvalue weighted by molar-refractivity contribution is -0.148. The van der Waals surface area contributed by atoms with E-state index in [4.69, 9.17) is 4.74 Å². The SMILES string of the molecule is CCOC1(C(=O)Cc2ccc(Br)s2)CCCCC1. The largest absolute Gasteiger partial charge is 0.367 e. The van der Waals surface area contributed by atoms with E-state index in [-0.39, 0.29) is 5.78 Å². The van der Waals surface area contributed by atoms with Crippen molar-refractivity contribution in [1.29, 1.82) is 0 Å². The molecular formula is C14H19BrO2S. The molecule has 1 aliphatic carbocycles. The van der Waals surface area contributed by atoms with Crippen molar-refractivity contribution >= 4 is 33.0 Å². The normalized spacial score (nSPS) is 18.8. The van der Waals surface area contributed by atoms with Crippen molar-refractivity contribution in [2.75, 3.05) is 6.61 Å². The van der Waals surface area contributed by atoms with Gasteiger partial charge in [-0.3, -0.25) is 4.79 Å². The minimum absolute atomic E-state index is 0.262. The molecule has 1 aromatic heterocycles. The summed E-state index contributed by atoms with van der Waals surface area (Å²) < 4.78 is 6.94. The molecule has 1 fully saturated rings. The zero-order valence-electron chi connectivity index (χ0n) is 10.7. The fraction of sp³-hybridized carbons (Fsp3) is 0.643. The average Bonchev–Trinajstić information content (AvgIpc) is 2.76. The number of ether oxygens (including phenoxy) is 1. The summed E-state index contributed by atoms with van der Waals surface area (Å²) in [5, 5.41) is 0. The second kappa shape index (κ2) is 6.31. The first-order valence-corrected chi connectivity index (χ1v) is 8.19. The van der Waals surface area contributed by atoms with Crippen LogP contribution in [0.15, 0.2) is 15.9 Å². The fourth-order valence-electron chi connectivity index (χ4n) is 2.67. The Morgan fingerprint density at radius 1 is 1.39 bits per heavy atom. The third kappa shape index (κ3) is 3.22. The highest BCUT2D eigenvalue weighted by Crippen LogP contribution is 2.34. The number of Topliss-reactive ketones (excluding diaryl/α,β-unsaturated/α-hetero) is 1. The second-order valence-electron chi connectivity index (χ2n) is 4.79. The monoisotopic (exact) mass is 330 g/mol. The number of carbonyl (C=O) groups is 1. The first-order chi connectivity index (χ1) is 8.66. The van der Waals surface area contributed by atoms with Gasteiger partial charge in [-0.15, -0.1) is 11.3 Å². The molecule has 4 heteroatoms. The molecule has 0 atom stereocenters. The topological polar surface area (TPSA) is 26.3 Å². The molecule has 1 aromatic rings. The van der Waals surface area contributed by atoms with Crippen molar-refractivity contribution in [1.82, 2.24) is 0 Å². The van der Waals surface area contributed by atoms with Gasteiger partial charge in [-0.05, 0) is 47.8 Å². The maximum Gasteiger partial charge on any atom is 0.169 e. The van der Waals surface area contributed by atoms with Gasteiger partial charge in [0.25, 0.3) is 0 Å². The van der Waals surface area contributed by atoms with Crippen molar-refractivity contribution < 1.29 is 9.53 Å². The van der Waals surface area contributed by atoms with Gasteiger partial charge in [-0.1, -0.05) is 19.3 Å². The van der Waals surface area contributed by atoms with Crippen LogP contribution in [0.2, 0.25) is 0 Å². The van der Waals surface area contributed by atoms with Crippen molar-refractivity contribution in [2.45, 2.75) is 51.0 Å². The minimum Gasteiger partial charge on any atom is -0.367 e. The number of rotatable bonds is 5. The maximum atomic E-state index is 12.6. The van der Waals surface area contributed by atoms with Crippen LogP contribution in [0.5, 0.6) is 0 Å². The van der Waals surface area contributed by atoms with E-state index in [1.165, 1.54) is 6.42 Å². The summed E-state index contributed by atoms with van der Waals surface area (Å²) in [6.07, 6.45) is 5.75. The molecule has 0 unspecified atom stereocenters. The van der Waals surface area contributed by atoms with E-state index in [9.17, 15) is 4.79 Å². The van der Waals surface area contributed by atoms with Crippen LogP contribution < -0.4 is 0 Å². The highest BCUT2D eigenvalue weighted by atomic mass is 79.9. The maximum absolute atomic E-state index is 12.6. The quantitative estimate of drug-likeness (QED) is 0.801. The van der Waals surface area contributed by atoms with Crippen LogP contribution in [0.3, 0.4) is 0 Å². The lowest BCUT2D eigenvalue weighted by atomic mass is 9.80. The fourth-order valence-corrected chi connectivity index (χ4v) is 4.15. The molecule has 0 aromatic carbocycles. The van der Waals surface area contributed by atoms with Gasteiger partial charge in [0, 0.05) is 17.9 Å². The summed E-state index contributed by atoms with van der Waals surface area (Å²) in [6, 6.07) is 4.02. The number of ketones is 1. The number of carbonyl (C=O) groups excluding carboxylic acids is 1. The van der Waals surface area contributed by atoms with E-state index in [2.05, 4.69) is 15.9 Å². The van der Waals surface area contributed by atoms with Gasteiger partial charge < -0.3 is 4.74 Å². The summed E-state index contributed by atoms with van der Waals surface area (Å²) >= 11 is 5.08. The van der Waals surface area contributed by atoms with Crippen molar-refractivity contribution in [2.24, 2.45) is 0 Å². The molecule has 2 rings (SSSR count). The van der Waals surface area contributed by atoms with Crippen molar-refractivity contribution in [3.63, 3.8) is 0 Å². The van der Waals surface area contributed by atoms with E-state index in [0.717, 1.165) is 34.3 Å². The molecule has 2 nitrogen and oxygen atoms in total. The Labute approximate surface area is 121 Å². The lowest BCUT2D eigenvalue weighted by Crippen LogP contribution is -2.44. The minimum atomic E-state index is -0.497. The Kier molecular flexibility index (Phi) is 4.98. The third-order valence-corrected chi connectivity index (χ3v) is 5.18. The Morgan fingerprint density at radius 2 is 2.11 bits per heavy atom. The van der Waals surface area contributed by atoms with Crippen molar-refractivity contribution in [3.8, 4) is 0 Å². The molecule has 18 heavy (non-hydrogen) atoms. The first-order valence-electron chi connectivity index (χ1n) is 6.58. The first kappa shape index (κ1) is 14.2. The molecule has 1 heterocycles. The van der Waals surface area contributed by atoms with E-state index >= 15 is 0 Å². The molecule has 0 N–H and O–H groups in total. The predicted molar refractivity (Wildman–Crippen MR) is 78.2 cm³/mol. The van der Waals surface area contributed by atoms with Crippen LogP contribution in [-0.4, -0.2) is 18.0 Å². The van der Waals surface area contributed by atoms with Gasteiger partial charge in [0.05, 0.1) is 3.79 Å². The average molecular weight is 331 g/mol. The van der Waals surface area contributed by atoms with Crippen LogP contribution in [0.1, 0.15) is 43.9 Å². The Balaban J connectivity index is 2.08. The van der Waals surface area contributed by atoms with Crippen LogP contribution in [0.25, 0.3) is 0 Å². The Morgan fingerprint density at radius 3 is 2.67 bits per heavy atom. The third-order valence-electron chi connectivity index (χ3n) is 3.55. The molecule has 100 valence electrons. The van der Waals surface area contributed by atoms with Gasteiger partial charge in [-0.2, -0.15) is 0 Å².